The SMILES string of the molecule is CC(C)CC(NC(=O)C(CC(=O)O)NC(=O)C1CCCN1C(=O)C(N)CC(N)=O)C(=O)O. The Hall–Kier alpha value is -3.22. The van der Waals surface area contributed by atoms with Crippen molar-refractivity contribution < 1.29 is 39.0 Å². The largest absolute Gasteiger partial charge is 0.481 e. The predicted molar refractivity (Wildman–Crippen MR) is 110 cm³/mol. The minimum Gasteiger partial charge on any atom is -0.481 e. The van der Waals surface area contributed by atoms with Crippen molar-refractivity contribution in [1.82, 2.24) is 15.5 Å². The fraction of sp³-hybridized carbons (Fsp3) is 0.684. The second-order valence-corrected chi connectivity index (χ2v) is 8.15. The van der Waals surface area contributed by atoms with E-state index in [0.717, 1.165) is 4.90 Å². The summed E-state index contributed by atoms with van der Waals surface area (Å²) in [5.41, 5.74) is 10.7. The van der Waals surface area contributed by atoms with E-state index in [4.69, 9.17) is 16.6 Å². The maximum absolute atomic E-state index is 12.8. The van der Waals surface area contributed by atoms with Gasteiger partial charge in [-0.3, -0.25) is 24.0 Å². The van der Waals surface area contributed by atoms with Crippen LogP contribution < -0.4 is 22.1 Å². The molecule has 8 N–H and O–H groups in total. The molecule has 32 heavy (non-hydrogen) atoms. The topological polar surface area (TPSA) is 222 Å². The van der Waals surface area contributed by atoms with E-state index in [1.807, 2.05) is 0 Å². The maximum atomic E-state index is 12.8. The fourth-order valence-electron chi connectivity index (χ4n) is 3.44. The van der Waals surface area contributed by atoms with Crippen LogP contribution in [0.4, 0.5) is 0 Å². The van der Waals surface area contributed by atoms with E-state index in [-0.39, 0.29) is 25.3 Å². The number of aliphatic carboxylic acids is 2. The lowest BCUT2D eigenvalue weighted by Crippen LogP contribution is -2.57. The summed E-state index contributed by atoms with van der Waals surface area (Å²) >= 11 is 0. The molecule has 0 aromatic heterocycles. The van der Waals surface area contributed by atoms with Crippen molar-refractivity contribution in [2.24, 2.45) is 17.4 Å². The number of hydrogen-bond donors (Lipinski definition) is 6. The van der Waals surface area contributed by atoms with Crippen LogP contribution in [0.5, 0.6) is 0 Å². The molecule has 0 aliphatic carbocycles. The molecule has 1 rings (SSSR count). The quantitative estimate of drug-likeness (QED) is 0.186. The summed E-state index contributed by atoms with van der Waals surface area (Å²) in [7, 11) is 0. The molecule has 0 aromatic rings. The Kier molecular flexibility index (Phi) is 10.0. The minimum absolute atomic E-state index is 0.0633. The van der Waals surface area contributed by atoms with Crippen LogP contribution in [0, 0.1) is 5.92 Å². The summed E-state index contributed by atoms with van der Waals surface area (Å²) < 4.78 is 0. The maximum Gasteiger partial charge on any atom is 0.326 e. The fourth-order valence-corrected chi connectivity index (χ4v) is 3.44. The van der Waals surface area contributed by atoms with Gasteiger partial charge in [0.15, 0.2) is 0 Å². The van der Waals surface area contributed by atoms with Gasteiger partial charge in [-0.15, -0.1) is 0 Å². The highest BCUT2D eigenvalue weighted by Crippen LogP contribution is 2.19. The van der Waals surface area contributed by atoms with E-state index in [2.05, 4.69) is 10.6 Å². The number of carbonyl (C=O) groups excluding carboxylic acids is 4. The van der Waals surface area contributed by atoms with Crippen LogP contribution >= 0.6 is 0 Å². The zero-order chi connectivity index (χ0) is 24.6. The summed E-state index contributed by atoms with van der Waals surface area (Å²) in [6.07, 6.45) is -0.378. The van der Waals surface area contributed by atoms with E-state index in [0.29, 0.717) is 6.42 Å². The molecule has 0 aromatic carbocycles. The van der Waals surface area contributed by atoms with Crippen LogP contribution in [0.15, 0.2) is 0 Å². The lowest BCUT2D eigenvalue weighted by atomic mass is 10.0. The third kappa shape index (κ3) is 8.13. The third-order valence-corrected chi connectivity index (χ3v) is 4.91. The Morgan fingerprint density at radius 1 is 1.03 bits per heavy atom. The zero-order valence-electron chi connectivity index (χ0n) is 18.1. The van der Waals surface area contributed by atoms with Crippen molar-refractivity contribution >= 4 is 35.6 Å². The van der Waals surface area contributed by atoms with Crippen molar-refractivity contribution in [2.45, 2.75) is 70.1 Å². The number of carboxylic acid groups (broad SMARTS) is 2. The summed E-state index contributed by atoms with van der Waals surface area (Å²) in [5, 5.41) is 23.0. The first-order chi connectivity index (χ1) is 14.8. The molecule has 1 heterocycles. The third-order valence-electron chi connectivity index (χ3n) is 4.91. The Morgan fingerprint density at radius 2 is 1.66 bits per heavy atom. The number of likely N-dealkylation sites (tertiary alicyclic amines) is 1. The number of carboxylic acids is 2. The van der Waals surface area contributed by atoms with Crippen molar-refractivity contribution in [3.63, 3.8) is 0 Å². The van der Waals surface area contributed by atoms with Gasteiger partial charge >= 0.3 is 11.9 Å². The van der Waals surface area contributed by atoms with E-state index in [1.54, 1.807) is 13.8 Å². The molecular weight excluding hydrogens is 426 g/mol. The van der Waals surface area contributed by atoms with E-state index in [1.165, 1.54) is 0 Å². The van der Waals surface area contributed by atoms with Crippen LogP contribution in [0.1, 0.15) is 46.0 Å². The molecule has 0 spiro atoms. The molecular formula is C19H31N5O8. The first kappa shape index (κ1) is 26.8. The number of rotatable bonds is 12. The van der Waals surface area contributed by atoms with Gasteiger partial charge in [0, 0.05) is 6.54 Å². The van der Waals surface area contributed by atoms with Gasteiger partial charge in [-0.25, -0.2) is 4.79 Å². The molecule has 4 unspecified atom stereocenters. The monoisotopic (exact) mass is 457 g/mol. The van der Waals surface area contributed by atoms with Gasteiger partial charge in [-0.05, 0) is 25.2 Å². The Labute approximate surface area is 184 Å². The van der Waals surface area contributed by atoms with Crippen LogP contribution in [0.3, 0.4) is 0 Å². The molecule has 1 saturated heterocycles. The number of nitrogens with zero attached hydrogens (tertiary/aromatic N) is 1. The number of nitrogens with one attached hydrogen (secondary N) is 2. The lowest BCUT2D eigenvalue weighted by Gasteiger charge is -2.28. The molecule has 0 saturated carbocycles. The van der Waals surface area contributed by atoms with Crippen molar-refractivity contribution in [1.29, 1.82) is 0 Å². The van der Waals surface area contributed by atoms with Gasteiger partial charge in [-0.1, -0.05) is 13.8 Å². The Balaban J connectivity index is 2.93. The first-order valence-electron chi connectivity index (χ1n) is 10.2. The average Bonchev–Trinajstić information content (AvgIpc) is 3.14. The van der Waals surface area contributed by atoms with Gasteiger partial charge < -0.3 is 37.2 Å². The van der Waals surface area contributed by atoms with Crippen molar-refractivity contribution in [3.8, 4) is 0 Å². The highest BCUT2D eigenvalue weighted by atomic mass is 16.4. The zero-order valence-corrected chi connectivity index (χ0v) is 18.1. The number of nitrogens with two attached hydrogens (primary N) is 2. The molecule has 13 nitrogen and oxygen atoms in total. The Morgan fingerprint density at radius 3 is 2.16 bits per heavy atom. The minimum atomic E-state index is -1.55. The normalized spacial score (nSPS) is 18.5. The molecule has 180 valence electrons. The second kappa shape index (κ2) is 12.0. The summed E-state index contributed by atoms with van der Waals surface area (Å²) in [5.74, 6) is -5.92. The van der Waals surface area contributed by atoms with Crippen LogP contribution in [0.2, 0.25) is 0 Å². The van der Waals surface area contributed by atoms with Gasteiger partial charge in [0.05, 0.1) is 18.9 Å². The van der Waals surface area contributed by atoms with Crippen LogP contribution in [-0.4, -0.2) is 81.4 Å². The number of hydrogen-bond acceptors (Lipinski definition) is 7. The van der Waals surface area contributed by atoms with Gasteiger partial charge in [0.2, 0.25) is 23.6 Å². The summed E-state index contributed by atoms with van der Waals surface area (Å²) in [4.78, 5) is 72.6. The molecule has 13 heteroatoms. The lowest BCUT2D eigenvalue weighted by molar-refractivity contribution is -0.145. The van der Waals surface area contributed by atoms with Gasteiger partial charge in [0.25, 0.3) is 0 Å². The van der Waals surface area contributed by atoms with Gasteiger partial charge in [0.1, 0.15) is 18.1 Å². The Bertz CT molecular complexity index is 756. The average molecular weight is 457 g/mol. The molecule has 4 atom stereocenters. The number of primary amides is 1. The molecule has 0 radical (unpaired) electrons. The van der Waals surface area contributed by atoms with E-state index >= 15 is 0 Å². The summed E-state index contributed by atoms with van der Waals surface area (Å²) in [6, 6.07) is -5.05. The molecule has 1 aliphatic heterocycles. The highest BCUT2D eigenvalue weighted by molar-refractivity contribution is 5.96. The van der Waals surface area contributed by atoms with Gasteiger partial charge in [-0.2, -0.15) is 0 Å². The summed E-state index contributed by atoms with van der Waals surface area (Å²) in [6.45, 7) is 3.70. The number of amides is 4. The smallest absolute Gasteiger partial charge is 0.326 e. The number of carbonyl (C=O) groups is 6. The molecule has 1 fully saturated rings. The second-order valence-electron chi connectivity index (χ2n) is 8.15. The highest BCUT2D eigenvalue weighted by Gasteiger charge is 2.38. The van der Waals surface area contributed by atoms with Crippen molar-refractivity contribution in [2.75, 3.05) is 6.54 Å². The van der Waals surface area contributed by atoms with E-state index in [9.17, 15) is 33.9 Å². The van der Waals surface area contributed by atoms with Crippen LogP contribution in [0.25, 0.3) is 0 Å². The molecule has 4 amide bonds. The predicted octanol–water partition coefficient (Wildman–Crippen LogP) is -2.24. The molecule has 0 bridgehead atoms. The standard InChI is InChI=1S/C19H31N5O8/c1-9(2)6-12(19(31)32)23-16(28)11(8-15(26)27)22-17(29)13-4-3-5-24(13)18(30)10(20)7-14(21)25/h9-13H,3-8,20H2,1-2H3,(H2,21,25)(H,22,29)(H,23,28)(H,26,27)(H,31,32). The van der Waals surface area contributed by atoms with Crippen LogP contribution in [-0.2, 0) is 28.8 Å². The first-order valence-corrected chi connectivity index (χ1v) is 10.2. The van der Waals surface area contributed by atoms with Crippen molar-refractivity contribution in [3.05, 3.63) is 0 Å². The van der Waals surface area contributed by atoms with E-state index < -0.39 is 72.6 Å². The molecule has 1 aliphatic rings.